The lowest BCUT2D eigenvalue weighted by Gasteiger charge is -2.21. The van der Waals surface area contributed by atoms with E-state index in [0.717, 1.165) is 34.1 Å². The fraction of sp³-hybridized carbons (Fsp3) is 0.0769. The molecule has 0 fully saturated rings. The van der Waals surface area contributed by atoms with Crippen molar-refractivity contribution < 1.29 is 0 Å². The molecule has 0 atom stereocenters. The average Bonchev–Trinajstić information content (AvgIpc) is 3.29. The number of hydrogen-bond donors (Lipinski definition) is 0. The summed E-state index contributed by atoms with van der Waals surface area (Å²) < 4.78 is 0. The summed E-state index contributed by atoms with van der Waals surface area (Å²) in [4.78, 5) is 8.87. The Labute approximate surface area is 331 Å². The quantitative estimate of drug-likeness (QED) is 0.132. The van der Waals surface area contributed by atoms with Crippen LogP contribution in [0.5, 0.6) is 0 Å². The molecule has 56 heavy (non-hydrogen) atoms. The highest BCUT2D eigenvalue weighted by Crippen LogP contribution is 2.34. The van der Waals surface area contributed by atoms with E-state index in [1.54, 1.807) is 0 Å². The van der Waals surface area contributed by atoms with Crippen LogP contribution >= 0.6 is 0 Å². The number of anilines is 8. The Morgan fingerprint density at radius 3 is 0.482 bits per heavy atom. The van der Waals surface area contributed by atoms with Gasteiger partial charge >= 0.3 is 0 Å². The summed E-state index contributed by atoms with van der Waals surface area (Å²) in [7, 11) is 8.45. The molecule has 0 bridgehead atoms. The lowest BCUT2D eigenvalue weighted by molar-refractivity contribution is 1.21. The highest BCUT2D eigenvalue weighted by molar-refractivity contribution is 5.76. The molecule has 0 spiro atoms. The molecule has 8 aromatic rings. The second-order valence-electron chi connectivity index (χ2n) is 14.2. The Morgan fingerprint density at radius 2 is 0.321 bits per heavy atom. The van der Waals surface area contributed by atoms with Crippen molar-refractivity contribution in [3.05, 3.63) is 206 Å². The maximum absolute atomic E-state index is 2.23. The molecule has 0 radical (unpaired) electrons. The van der Waals surface area contributed by atoms with Gasteiger partial charge in [0, 0.05) is 73.7 Å². The van der Waals surface area contributed by atoms with Gasteiger partial charge in [0.05, 0.1) is 0 Å². The predicted octanol–water partition coefficient (Wildman–Crippen LogP) is 13.8. The van der Waals surface area contributed by atoms with Gasteiger partial charge in [-0.25, -0.2) is 0 Å². The molecule has 8 aromatic carbocycles. The van der Waals surface area contributed by atoms with E-state index in [-0.39, 0.29) is 0 Å². The average molecular weight is 727 g/mol. The van der Waals surface area contributed by atoms with Gasteiger partial charge < -0.3 is 19.6 Å². The SMILES string of the molecule is CN(c1ccccc1)c1ccc(-c2ccc(N(C)c3ccc(-c4ccc(N(C)c5ccc(-c6ccc(N(C)c7ccccc7)cc6)cc5)cc4)cc3)cc2)cc1. The number of hydrogen-bond acceptors (Lipinski definition) is 4. The zero-order valence-electron chi connectivity index (χ0n) is 32.4. The van der Waals surface area contributed by atoms with Crippen LogP contribution in [-0.2, 0) is 0 Å². The van der Waals surface area contributed by atoms with Crippen LogP contribution in [0.2, 0.25) is 0 Å². The Kier molecular flexibility index (Phi) is 10.4. The van der Waals surface area contributed by atoms with Gasteiger partial charge in [-0.05, 0) is 130 Å². The topological polar surface area (TPSA) is 13.0 Å². The summed E-state index contributed by atoms with van der Waals surface area (Å²) in [5.41, 5.74) is 16.4. The summed E-state index contributed by atoms with van der Waals surface area (Å²) in [5.74, 6) is 0. The highest BCUT2D eigenvalue weighted by atomic mass is 15.1. The first-order valence-corrected chi connectivity index (χ1v) is 19.1. The van der Waals surface area contributed by atoms with Crippen molar-refractivity contribution in [2.75, 3.05) is 47.8 Å². The van der Waals surface area contributed by atoms with Gasteiger partial charge in [0.25, 0.3) is 0 Å². The molecule has 4 nitrogen and oxygen atoms in total. The molecule has 0 aliphatic heterocycles. The van der Waals surface area contributed by atoms with Gasteiger partial charge in [-0.2, -0.15) is 0 Å². The number of rotatable bonds is 11. The lowest BCUT2D eigenvalue weighted by atomic mass is 10.0. The summed E-state index contributed by atoms with van der Waals surface area (Å²) >= 11 is 0. The van der Waals surface area contributed by atoms with Crippen molar-refractivity contribution >= 4 is 45.5 Å². The summed E-state index contributed by atoms with van der Waals surface area (Å²) in [6.07, 6.45) is 0. The van der Waals surface area contributed by atoms with E-state index in [9.17, 15) is 0 Å². The van der Waals surface area contributed by atoms with Crippen LogP contribution in [0.4, 0.5) is 45.5 Å². The fourth-order valence-electron chi connectivity index (χ4n) is 7.16. The molecular formula is C52H46N4. The van der Waals surface area contributed by atoms with Crippen LogP contribution in [-0.4, -0.2) is 28.2 Å². The van der Waals surface area contributed by atoms with E-state index in [4.69, 9.17) is 0 Å². The molecule has 274 valence electrons. The smallest absolute Gasteiger partial charge is 0.0408 e. The van der Waals surface area contributed by atoms with E-state index in [1.807, 2.05) is 12.1 Å². The number of benzene rings is 8. The highest BCUT2D eigenvalue weighted by Gasteiger charge is 2.10. The van der Waals surface area contributed by atoms with E-state index in [1.165, 1.54) is 44.8 Å². The molecular weight excluding hydrogens is 681 g/mol. The zero-order chi connectivity index (χ0) is 38.4. The largest absolute Gasteiger partial charge is 0.345 e. The molecule has 0 unspecified atom stereocenters. The minimum Gasteiger partial charge on any atom is -0.345 e. The van der Waals surface area contributed by atoms with Crippen LogP contribution in [0.3, 0.4) is 0 Å². The summed E-state index contributed by atoms with van der Waals surface area (Å²) in [5, 5.41) is 0. The third-order valence-electron chi connectivity index (χ3n) is 10.8. The van der Waals surface area contributed by atoms with E-state index < -0.39 is 0 Å². The van der Waals surface area contributed by atoms with E-state index in [2.05, 4.69) is 242 Å². The maximum Gasteiger partial charge on any atom is 0.0408 e. The standard InChI is InChI=1S/C52H46N4/c1-53(45-11-7-5-8-12-45)47-27-15-39(16-28-47)41-19-31-49(32-20-41)55(3)51-35-23-43(24-36-51)44-25-37-52(38-26-44)56(4)50-33-21-42(22-34-50)40-17-29-48(30-18-40)54(2)46-13-9-6-10-14-46/h5-38H,1-4H3. The van der Waals surface area contributed by atoms with Gasteiger partial charge in [-0.3, -0.25) is 0 Å². The zero-order valence-corrected chi connectivity index (χ0v) is 32.4. The molecule has 8 rings (SSSR count). The van der Waals surface area contributed by atoms with Crippen LogP contribution in [0, 0.1) is 0 Å². The van der Waals surface area contributed by atoms with Crippen molar-refractivity contribution in [2.45, 2.75) is 0 Å². The molecule has 0 amide bonds. The van der Waals surface area contributed by atoms with Gasteiger partial charge in [-0.15, -0.1) is 0 Å². The summed E-state index contributed by atoms with van der Waals surface area (Å²) in [6, 6.07) is 73.6. The van der Waals surface area contributed by atoms with Crippen LogP contribution in [0.15, 0.2) is 206 Å². The second-order valence-corrected chi connectivity index (χ2v) is 14.2. The van der Waals surface area contributed by atoms with Crippen molar-refractivity contribution in [1.82, 2.24) is 0 Å². The van der Waals surface area contributed by atoms with E-state index in [0.29, 0.717) is 0 Å². The van der Waals surface area contributed by atoms with Crippen molar-refractivity contribution in [3.8, 4) is 33.4 Å². The number of para-hydroxylation sites is 2. The van der Waals surface area contributed by atoms with Gasteiger partial charge in [0.2, 0.25) is 0 Å². The first-order chi connectivity index (χ1) is 27.4. The summed E-state index contributed by atoms with van der Waals surface area (Å²) in [6.45, 7) is 0. The molecule has 0 aromatic heterocycles. The third kappa shape index (κ3) is 7.77. The Morgan fingerprint density at radius 1 is 0.179 bits per heavy atom. The van der Waals surface area contributed by atoms with Crippen molar-refractivity contribution in [2.24, 2.45) is 0 Å². The molecule has 0 saturated heterocycles. The molecule has 0 saturated carbocycles. The lowest BCUT2D eigenvalue weighted by Crippen LogP contribution is -2.09. The first-order valence-electron chi connectivity index (χ1n) is 19.1. The van der Waals surface area contributed by atoms with Crippen molar-refractivity contribution in [1.29, 1.82) is 0 Å². The molecule has 0 aliphatic rings. The molecule has 0 aliphatic carbocycles. The third-order valence-corrected chi connectivity index (χ3v) is 10.8. The van der Waals surface area contributed by atoms with Crippen LogP contribution < -0.4 is 19.6 Å². The van der Waals surface area contributed by atoms with E-state index >= 15 is 0 Å². The maximum atomic E-state index is 2.23. The van der Waals surface area contributed by atoms with Crippen LogP contribution in [0.1, 0.15) is 0 Å². The number of nitrogens with zero attached hydrogens (tertiary/aromatic N) is 4. The van der Waals surface area contributed by atoms with Crippen molar-refractivity contribution in [3.63, 3.8) is 0 Å². The first kappa shape index (κ1) is 36.0. The second kappa shape index (κ2) is 16.1. The predicted molar refractivity (Wildman–Crippen MR) is 241 cm³/mol. The minimum absolute atomic E-state index is 1.14. The molecule has 0 N–H and O–H groups in total. The Hall–Kier alpha value is -7.04. The fourth-order valence-corrected chi connectivity index (χ4v) is 7.16. The van der Waals surface area contributed by atoms with Gasteiger partial charge in [-0.1, -0.05) is 109 Å². The van der Waals surface area contributed by atoms with Gasteiger partial charge in [0.1, 0.15) is 0 Å². The minimum atomic E-state index is 1.14. The molecule has 4 heteroatoms. The Bertz CT molecular complexity index is 2280. The molecule has 0 heterocycles. The normalized spacial score (nSPS) is 10.9. The monoisotopic (exact) mass is 726 g/mol. The Balaban J connectivity index is 0.877. The van der Waals surface area contributed by atoms with Crippen LogP contribution in [0.25, 0.3) is 33.4 Å². The van der Waals surface area contributed by atoms with Gasteiger partial charge in [0.15, 0.2) is 0 Å².